The van der Waals surface area contributed by atoms with E-state index in [4.69, 9.17) is 4.99 Å². The number of rotatable bonds is 7. The van der Waals surface area contributed by atoms with Crippen molar-refractivity contribution in [2.75, 3.05) is 31.1 Å². The number of hydrogen-bond donors (Lipinski definition) is 2. The Morgan fingerprint density at radius 1 is 1.14 bits per heavy atom. The predicted molar refractivity (Wildman–Crippen MR) is 128 cm³/mol. The molecule has 5 nitrogen and oxygen atoms in total. The van der Waals surface area contributed by atoms with Crippen LogP contribution in [0.4, 0.5) is 5.82 Å². The van der Waals surface area contributed by atoms with Gasteiger partial charge in [0.05, 0.1) is 0 Å². The van der Waals surface area contributed by atoms with Gasteiger partial charge < -0.3 is 15.5 Å². The van der Waals surface area contributed by atoms with Gasteiger partial charge in [-0.2, -0.15) is 0 Å². The molecule has 1 aliphatic heterocycles. The molecule has 3 fully saturated rings. The second kappa shape index (κ2) is 10.1. The van der Waals surface area contributed by atoms with Gasteiger partial charge in [0.15, 0.2) is 5.96 Å². The SMILES string of the molecule is CCNC(=NCC(C1CC1)C1CC1)NC1CCN(c2ccc(C)cn2)CC1.I. The van der Waals surface area contributed by atoms with E-state index >= 15 is 0 Å². The first-order valence-corrected chi connectivity index (χ1v) is 11.0. The van der Waals surface area contributed by atoms with E-state index in [-0.39, 0.29) is 24.0 Å². The molecule has 0 atom stereocenters. The summed E-state index contributed by atoms with van der Waals surface area (Å²) in [6, 6.07) is 4.80. The van der Waals surface area contributed by atoms with Crippen LogP contribution in [0.5, 0.6) is 0 Å². The van der Waals surface area contributed by atoms with Crippen molar-refractivity contribution in [3.63, 3.8) is 0 Å². The topological polar surface area (TPSA) is 52.6 Å². The molecule has 2 saturated carbocycles. The van der Waals surface area contributed by atoms with Crippen molar-refractivity contribution in [1.82, 2.24) is 15.6 Å². The number of halogens is 1. The van der Waals surface area contributed by atoms with Crippen molar-refractivity contribution in [1.29, 1.82) is 0 Å². The highest BCUT2D eigenvalue weighted by atomic mass is 127. The monoisotopic (exact) mass is 497 g/mol. The second-order valence-electron chi connectivity index (χ2n) is 8.66. The van der Waals surface area contributed by atoms with Crippen molar-refractivity contribution < 1.29 is 0 Å². The van der Waals surface area contributed by atoms with Crippen molar-refractivity contribution >= 4 is 35.8 Å². The zero-order valence-electron chi connectivity index (χ0n) is 17.4. The minimum atomic E-state index is 0. The lowest BCUT2D eigenvalue weighted by molar-refractivity contribution is 0.414. The number of nitrogens with one attached hydrogen (secondary N) is 2. The molecule has 4 rings (SSSR count). The first kappa shape index (κ1) is 21.7. The van der Waals surface area contributed by atoms with Crippen LogP contribution < -0.4 is 15.5 Å². The molecule has 2 N–H and O–H groups in total. The number of aliphatic imine (C=N–C) groups is 1. The molecule has 0 amide bonds. The van der Waals surface area contributed by atoms with Crippen LogP contribution in [0.2, 0.25) is 0 Å². The molecule has 0 unspecified atom stereocenters. The van der Waals surface area contributed by atoms with Crippen LogP contribution in [0.1, 0.15) is 51.0 Å². The zero-order chi connectivity index (χ0) is 18.6. The quantitative estimate of drug-likeness (QED) is 0.340. The summed E-state index contributed by atoms with van der Waals surface area (Å²) in [5.74, 6) is 4.91. The predicted octanol–water partition coefficient (Wildman–Crippen LogP) is 3.97. The standard InChI is InChI=1S/C22H35N5.HI/c1-3-23-22(25-15-20(17-5-6-17)18-7-8-18)26-19-10-12-27(13-11-19)21-9-4-16(2)14-24-21;/h4,9,14,17-20H,3,5-8,10-13,15H2,1-2H3,(H2,23,25,26);1H. The maximum absolute atomic E-state index is 4.99. The molecule has 0 bridgehead atoms. The average Bonchev–Trinajstić information content (AvgIpc) is 3.58. The molecule has 1 saturated heterocycles. The van der Waals surface area contributed by atoms with Gasteiger partial charge in [0.1, 0.15) is 5.82 Å². The van der Waals surface area contributed by atoms with Crippen molar-refractivity contribution in [3.05, 3.63) is 23.9 Å². The van der Waals surface area contributed by atoms with E-state index in [1.807, 2.05) is 6.20 Å². The maximum Gasteiger partial charge on any atom is 0.191 e. The molecule has 2 heterocycles. The van der Waals surface area contributed by atoms with Gasteiger partial charge >= 0.3 is 0 Å². The van der Waals surface area contributed by atoms with Crippen molar-refractivity contribution in [2.45, 2.75) is 58.4 Å². The summed E-state index contributed by atoms with van der Waals surface area (Å²) >= 11 is 0. The first-order chi connectivity index (χ1) is 13.2. The molecule has 2 aliphatic carbocycles. The fourth-order valence-corrected chi connectivity index (χ4v) is 4.34. The average molecular weight is 497 g/mol. The Hall–Kier alpha value is -1.05. The fraction of sp³-hybridized carbons (Fsp3) is 0.727. The summed E-state index contributed by atoms with van der Waals surface area (Å²) in [5, 5.41) is 7.17. The van der Waals surface area contributed by atoms with Crippen LogP contribution in [0.3, 0.4) is 0 Å². The molecule has 6 heteroatoms. The van der Waals surface area contributed by atoms with Crippen LogP contribution in [-0.4, -0.2) is 43.2 Å². The van der Waals surface area contributed by atoms with Crippen LogP contribution in [0.15, 0.2) is 23.3 Å². The van der Waals surface area contributed by atoms with E-state index in [2.05, 4.69) is 46.5 Å². The number of hydrogen-bond acceptors (Lipinski definition) is 3. The van der Waals surface area contributed by atoms with Gasteiger partial charge in [-0.05, 0) is 81.8 Å². The molecule has 0 spiro atoms. The van der Waals surface area contributed by atoms with Crippen LogP contribution in [0.25, 0.3) is 0 Å². The van der Waals surface area contributed by atoms with Crippen molar-refractivity contribution in [3.8, 4) is 0 Å². The molecule has 1 aromatic rings. The fourth-order valence-electron chi connectivity index (χ4n) is 4.34. The van der Waals surface area contributed by atoms with Crippen LogP contribution in [-0.2, 0) is 0 Å². The highest BCUT2D eigenvalue weighted by Gasteiger charge is 2.41. The third kappa shape index (κ3) is 5.97. The molecular formula is C22H36IN5. The number of nitrogens with zero attached hydrogens (tertiary/aromatic N) is 3. The third-order valence-electron chi connectivity index (χ3n) is 6.32. The molecule has 0 radical (unpaired) electrons. The van der Waals surface area contributed by atoms with E-state index in [1.165, 1.54) is 31.2 Å². The van der Waals surface area contributed by atoms with Gasteiger partial charge in [0.25, 0.3) is 0 Å². The zero-order valence-corrected chi connectivity index (χ0v) is 19.7. The lowest BCUT2D eigenvalue weighted by Gasteiger charge is -2.34. The molecule has 0 aromatic carbocycles. The number of pyridine rings is 1. The summed E-state index contributed by atoms with van der Waals surface area (Å²) in [7, 11) is 0. The normalized spacial score (nSPS) is 20.8. The molecule has 3 aliphatic rings. The third-order valence-corrected chi connectivity index (χ3v) is 6.32. The van der Waals surface area contributed by atoms with Crippen molar-refractivity contribution in [2.24, 2.45) is 22.7 Å². The van der Waals surface area contributed by atoms with Gasteiger partial charge in [-0.3, -0.25) is 4.99 Å². The van der Waals surface area contributed by atoms with Gasteiger partial charge in [-0.1, -0.05) is 6.07 Å². The van der Waals surface area contributed by atoms with Gasteiger partial charge in [-0.15, -0.1) is 24.0 Å². The van der Waals surface area contributed by atoms with E-state index in [1.54, 1.807) is 0 Å². The van der Waals surface area contributed by atoms with E-state index in [0.29, 0.717) is 6.04 Å². The van der Waals surface area contributed by atoms with Gasteiger partial charge in [-0.25, -0.2) is 4.98 Å². The summed E-state index contributed by atoms with van der Waals surface area (Å²) in [4.78, 5) is 12.0. The maximum atomic E-state index is 4.99. The van der Waals surface area contributed by atoms with E-state index in [9.17, 15) is 0 Å². The number of aryl methyl sites for hydroxylation is 1. The summed E-state index contributed by atoms with van der Waals surface area (Å²) < 4.78 is 0. The Balaban J connectivity index is 0.00000225. The largest absolute Gasteiger partial charge is 0.357 e. The lowest BCUT2D eigenvalue weighted by atomic mass is 9.98. The minimum absolute atomic E-state index is 0. The minimum Gasteiger partial charge on any atom is -0.357 e. The van der Waals surface area contributed by atoms with Gasteiger partial charge in [0.2, 0.25) is 0 Å². The Morgan fingerprint density at radius 3 is 2.36 bits per heavy atom. The first-order valence-electron chi connectivity index (χ1n) is 11.0. The van der Waals surface area contributed by atoms with E-state index in [0.717, 1.165) is 68.6 Å². The number of piperidine rings is 1. The van der Waals surface area contributed by atoms with Gasteiger partial charge in [0, 0.05) is 38.4 Å². The van der Waals surface area contributed by atoms with Crippen LogP contribution >= 0.6 is 24.0 Å². The Morgan fingerprint density at radius 2 is 1.82 bits per heavy atom. The number of aromatic nitrogens is 1. The Kier molecular flexibility index (Phi) is 7.83. The summed E-state index contributed by atoms with van der Waals surface area (Å²) in [5.41, 5.74) is 1.22. The number of guanidine groups is 1. The highest BCUT2D eigenvalue weighted by molar-refractivity contribution is 14.0. The Bertz CT molecular complexity index is 619. The highest BCUT2D eigenvalue weighted by Crippen LogP contribution is 2.49. The second-order valence-corrected chi connectivity index (χ2v) is 8.66. The molecule has 156 valence electrons. The Labute approximate surface area is 187 Å². The summed E-state index contributed by atoms with van der Waals surface area (Å²) in [6.07, 6.45) is 9.98. The number of anilines is 1. The lowest BCUT2D eigenvalue weighted by Crippen LogP contribution is -2.49. The molecular weight excluding hydrogens is 461 g/mol. The molecule has 28 heavy (non-hydrogen) atoms. The summed E-state index contributed by atoms with van der Waals surface area (Å²) in [6.45, 7) is 8.29. The smallest absolute Gasteiger partial charge is 0.191 e. The molecule has 1 aromatic heterocycles. The van der Waals surface area contributed by atoms with Crippen LogP contribution in [0, 0.1) is 24.7 Å². The van der Waals surface area contributed by atoms with E-state index < -0.39 is 0 Å².